The number of amides is 1. The van der Waals surface area contributed by atoms with Crippen molar-refractivity contribution < 1.29 is 9.53 Å². The van der Waals surface area contributed by atoms with Crippen LogP contribution in [0.4, 0.5) is 0 Å². The van der Waals surface area contributed by atoms with Gasteiger partial charge in [0.05, 0.1) is 6.61 Å². The highest BCUT2D eigenvalue weighted by Gasteiger charge is 2.40. The molecule has 25 heavy (non-hydrogen) atoms. The molecule has 1 atom stereocenters. The van der Waals surface area contributed by atoms with Crippen LogP contribution >= 0.6 is 0 Å². The molecule has 5 heteroatoms. The van der Waals surface area contributed by atoms with E-state index in [2.05, 4.69) is 4.98 Å². The summed E-state index contributed by atoms with van der Waals surface area (Å²) in [7, 11) is 0. The second-order valence-electron chi connectivity index (χ2n) is 7.11. The van der Waals surface area contributed by atoms with Gasteiger partial charge in [-0.2, -0.15) is 0 Å². The summed E-state index contributed by atoms with van der Waals surface area (Å²) >= 11 is 0. The zero-order valence-corrected chi connectivity index (χ0v) is 14.2. The van der Waals surface area contributed by atoms with E-state index in [1.54, 1.807) is 6.07 Å². The Morgan fingerprint density at radius 2 is 1.96 bits per heavy atom. The van der Waals surface area contributed by atoms with Crippen LogP contribution in [0.15, 0.2) is 47.3 Å². The average Bonchev–Trinajstić information content (AvgIpc) is 3.09. The lowest BCUT2D eigenvalue weighted by molar-refractivity contribution is 0.0461. The number of likely N-dealkylation sites (tertiary alicyclic amines) is 1. The predicted molar refractivity (Wildman–Crippen MR) is 95.5 cm³/mol. The number of piperidine rings is 1. The van der Waals surface area contributed by atoms with Crippen LogP contribution in [0.1, 0.15) is 29.6 Å². The first kappa shape index (κ1) is 16.1. The van der Waals surface area contributed by atoms with Gasteiger partial charge in [0.1, 0.15) is 5.56 Å². The van der Waals surface area contributed by atoms with Gasteiger partial charge in [0, 0.05) is 30.8 Å². The van der Waals surface area contributed by atoms with E-state index in [0.29, 0.717) is 13.1 Å². The predicted octanol–water partition coefficient (Wildman–Crippen LogP) is 2.68. The van der Waals surface area contributed by atoms with E-state index in [0.717, 1.165) is 43.7 Å². The number of H-pyrrole nitrogens is 1. The maximum absolute atomic E-state index is 12.9. The van der Waals surface area contributed by atoms with Gasteiger partial charge in [0.15, 0.2) is 0 Å². The van der Waals surface area contributed by atoms with E-state index in [1.807, 2.05) is 41.3 Å². The SMILES string of the molecule is O=C(c1ccc(-c2ccccc2)[nH]c1=O)N1CCC[C@@]2(CCOC2)C1. The number of benzene rings is 1. The fraction of sp³-hybridized carbons (Fsp3) is 0.400. The molecule has 2 fully saturated rings. The van der Waals surface area contributed by atoms with Crippen molar-refractivity contribution in [3.05, 3.63) is 58.4 Å². The van der Waals surface area contributed by atoms with Crippen LogP contribution < -0.4 is 5.56 Å². The number of rotatable bonds is 2. The molecule has 2 aliphatic rings. The molecule has 2 aliphatic heterocycles. The van der Waals surface area contributed by atoms with Gasteiger partial charge in [0.2, 0.25) is 0 Å². The molecule has 1 N–H and O–H groups in total. The fourth-order valence-corrected chi connectivity index (χ4v) is 3.95. The lowest BCUT2D eigenvalue weighted by Crippen LogP contribution is -2.47. The van der Waals surface area contributed by atoms with Crippen molar-refractivity contribution in [2.24, 2.45) is 5.41 Å². The van der Waals surface area contributed by atoms with Crippen LogP contribution in [0, 0.1) is 5.41 Å². The summed E-state index contributed by atoms with van der Waals surface area (Å²) in [5, 5.41) is 0. The number of ether oxygens (including phenoxy) is 1. The smallest absolute Gasteiger partial charge is 0.261 e. The highest BCUT2D eigenvalue weighted by atomic mass is 16.5. The molecule has 0 unspecified atom stereocenters. The third kappa shape index (κ3) is 3.12. The minimum Gasteiger partial charge on any atom is -0.381 e. The van der Waals surface area contributed by atoms with Gasteiger partial charge in [0.25, 0.3) is 11.5 Å². The first-order valence-electron chi connectivity index (χ1n) is 8.83. The van der Waals surface area contributed by atoms with Crippen LogP contribution in [-0.2, 0) is 4.74 Å². The Balaban J connectivity index is 1.57. The minimum absolute atomic E-state index is 0.0879. The van der Waals surface area contributed by atoms with Crippen LogP contribution in [0.25, 0.3) is 11.3 Å². The van der Waals surface area contributed by atoms with Crippen molar-refractivity contribution in [2.45, 2.75) is 19.3 Å². The average molecular weight is 338 g/mol. The Kier molecular flexibility index (Phi) is 4.17. The quantitative estimate of drug-likeness (QED) is 0.916. The molecular formula is C20H22N2O3. The Hall–Kier alpha value is -2.40. The summed E-state index contributed by atoms with van der Waals surface area (Å²) in [5.74, 6) is -0.174. The highest BCUT2D eigenvalue weighted by Crippen LogP contribution is 2.37. The summed E-state index contributed by atoms with van der Waals surface area (Å²) < 4.78 is 5.55. The maximum atomic E-state index is 12.9. The summed E-state index contributed by atoms with van der Waals surface area (Å²) in [6, 6.07) is 13.1. The first-order chi connectivity index (χ1) is 12.2. The van der Waals surface area contributed by atoms with Crippen molar-refractivity contribution in [3.8, 4) is 11.3 Å². The molecule has 0 aliphatic carbocycles. The minimum atomic E-state index is -0.325. The number of aromatic amines is 1. The Morgan fingerprint density at radius 1 is 1.12 bits per heavy atom. The zero-order valence-electron chi connectivity index (χ0n) is 14.2. The summed E-state index contributed by atoms with van der Waals surface area (Å²) in [6.07, 6.45) is 3.06. The molecule has 1 aromatic carbocycles. The molecule has 5 nitrogen and oxygen atoms in total. The molecule has 1 amide bonds. The number of hydrogen-bond donors (Lipinski definition) is 1. The van der Waals surface area contributed by atoms with Crippen molar-refractivity contribution in [3.63, 3.8) is 0 Å². The van der Waals surface area contributed by atoms with E-state index in [9.17, 15) is 9.59 Å². The van der Waals surface area contributed by atoms with Gasteiger partial charge in [-0.05, 0) is 37.0 Å². The van der Waals surface area contributed by atoms with Crippen LogP contribution in [-0.4, -0.2) is 42.1 Å². The summed E-state index contributed by atoms with van der Waals surface area (Å²) in [5.41, 5.74) is 1.63. The first-order valence-corrected chi connectivity index (χ1v) is 8.83. The second-order valence-corrected chi connectivity index (χ2v) is 7.11. The van der Waals surface area contributed by atoms with Gasteiger partial charge in [-0.15, -0.1) is 0 Å². The second kappa shape index (κ2) is 6.48. The van der Waals surface area contributed by atoms with Crippen LogP contribution in [0.3, 0.4) is 0 Å². The molecule has 0 saturated carbocycles. The summed E-state index contributed by atoms with van der Waals surface area (Å²) in [6.45, 7) is 2.89. The van der Waals surface area contributed by atoms with Crippen LogP contribution in [0.2, 0.25) is 0 Å². The highest BCUT2D eigenvalue weighted by molar-refractivity contribution is 5.94. The van der Waals surface area contributed by atoms with Gasteiger partial charge >= 0.3 is 0 Å². The van der Waals surface area contributed by atoms with Gasteiger partial charge in [-0.3, -0.25) is 9.59 Å². The third-order valence-corrected chi connectivity index (χ3v) is 5.36. The van der Waals surface area contributed by atoms with Crippen molar-refractivity contribution in [1.82, 2.24) is 9.88 Å². The number of nitrogens with one attached hydrogen (secondary N) is 1. The number of aromatic nitrogens is 1. The van der Waals surface area contributed by atoms with E-state index >= 15 is 0 Å². The van der Waals surface area contributed by atoms with Crippen LogP contribution in [0.5, 0.6) is 0 Å². The standard InChI is InChI=1S/C20H22N2O3/c23-18-16(7-8-17(21-18)15-5-2-1-3-6-15)19(24)22-11-4-9-20(13-22)10-12-25-14-20/h1-3,5-8H,4,9-14H2,(H,21,23)/t20-/m1/s1. The van der Waals surface area contributed by atoms with E-state index in [-0.39, 0.29) is 22.4 Å². The van der Waals surface area contributed by atoms with E-state index in [4.69, 9.17) is 4.74 Å². The van der Waals surface area contributed by atoms with Gasteiger partial charge in [-0.1, -0.05) is 30.3 Å². The fourth-order valence-electron chi connectivity index (χ4n) is 3.95. The lowest BCUT2D eigenvalue weighted by Gasteiger charge is -2.39. The maximum Gasteiger partial charge on any atom is 0.261 e. The molecule has 4 rings (SSSR count). The van der Waals surface area contributed by atoms with Gasteiger partial charge in [-0.25, -0.2) is 0 Å². The molecule has 2 saturated heterocycles. The molecular weight excluding hydrogens is 316 g/mol. The lowest BCUT2D eigenvalue weighted by atomic mass is 9.79. The van der Waals surface area contributed by atoms with Gasteiger partial charge < -0.3 is 14.6 Å². The molecule has 0 radical (unpaired) electrons. The number of carbonyl (C=O) groups is 1. The molecule has 2 aromatic rings. The normalized spacial score (nSPS) is 23.1. The Labute approximate surface area is 146 Å². The molecule has 0 bridgehead atoms. The number of pyridine rings is 1. The molecule has 3 heterocycles. The van der Waals surface area contributed by atoms with E-state index < -0.39 is 0 Å². The molecule has 1 aromatic heterocycles. The summed E-state index contributed by atoms with van der Waals surface area (Å²) in [4.78, 5) is 30.0. The number of hydrogen-bond acceptors (Lipinski definition) is 3. The molecule has 130 valence electrons. The van der Waals surface area contributed by atoms with Crippen molar-refractivity contribution >= 4 is 5.91 Å². The topological polar surface area (TPSA) is 62.4 Å². The monoisotopic (exact) mass is 338 g/mol. The van der Waals surface area contributed by atoms with Crippen molar-refractivity contribution in [2.75, 3.05) is 26.3 Å². The Morgan fingerprint density at radius 3 is 2.68 bits per heavy atom. The van der Waals surface area contributed by atoms with E-state index in [1.165, 1.54) is 0 Å². The number of carbonyl (C=O) groups excluding carboxylic acids is 1. The number of nitrogens with zero attached hydrogens (tertiary/aromatic N) is 1. The Bertz CT molecular complexity index is 822. The third-order valence-electron chi connectivity index (χ3n) is 5.36. The zero-order chi connectivity index (χ0) is 17.3. The molecule has 1 spiro atoms. The largest absolute Gasteiger partial charge is 0.381 e. The van der Waals surface area contributed by atoms with Crippen molar-refractivity contribution in [1.29, 1.82) is 0 Å².